The Kier molecular flexibility index (Phi) is 5.28. The molecule has 0 bridgehead atoms. The molecule has 0 aliphatic heterocycles. The first kappa shape index (κ1) is 19.0. The van der Waals surface area contributed by atoms with Crippen molar-refractivity contribution in [3.05, 3.63) is 51.9 Å². The van der Waals surface area contributed by atoms with Crippen LogP contribution in [-0.4, -0.2) is 41.2 Å². The van der Waals surface area contributed by atoms with E-state index in [0.29, 0.717) is 22.4 Å². The Hall–Kier alpha value is -2.73. The summed E-state index contributed by atoms with van der Waals surface area (Å²) in [6.45, 7) is -0.835. The third kappa shape index (κ3) is 3.10. The van der Waals surface area contributed by atoms with E-state index < -0.39 is 30.6 Å². The fraction of sp³-hybridized carbons (Fsp3) is 0.316. The third-order valence-electron chi connectivity index (χ3n) is 4.84. The maximum Gasteiger partial charge on any atom is 0.254 e. The summed E-state index contributed by atoms with van der Waals surface area (Å²) in [5.41, 5.74) is 6.06. The van der Waals surface area contributed by atoms with Gasteiger partial charge in [0.1, 0.15) is 5.41 Å². The topological polar surface area (TPSA) is 136 Å². The summed E-state index contributed by atoms with van der Waals surface area (Å²) in [6, 6.07) is 10.3. The molecule has 1 aliphatic carbocycles. The number of hydrogen-bond donors (Lipinski definition) is 4. The predicted molar refractivity (Wildman–Crippen MR) is 101 cm³/mol. The molecule has 1 unspecified atom stereocenters. The Labute approximate surface area is 160 Å². The SMILES string of the molecule is N#CC1(c2ccccc2)CCc2c(sc(N)c2C(=O)NC(CO)CO)C1=O. The highest BCUT2D eigenvalue weighted by Gasteiger charge is 2.47. The summed E-state index contributed by atoms with van der Waals surface area (Å²) >= 11 is 0.999. The van der Waals surface area contributed by atoms with E-state index in [4.69, 9.17) is 15.9 Å². The van der Waals surface area contributed by atoms with E-state index in [9.17, 15) is 14.9 Å². The van der Waals surface area contributed by atoms with Gasteiger partial charge in [-0.15, -0.1) is 11.3 Å². The third-order valence-corrected chi connectivity index (χ3v) is 5.90. The van der Waals surface area contributed by atoms with Crippen molar-refractivity contribution >= 4 is 28.0 Å². The van der Waals surface area contributed by atoms with Gasteiger partial charge in [0.15, 0.2) is 5.78 Å². The lowest BCUT2D eigenvalue weighted by Gasteiger charge is -2.29. The summed E-state index contributed by atoms with van der Waals surface area (Å²) in [5.74, 6) is -0.899. The summed E-state index contributed by atoms with van der Waals surface area (Å²) in [5, 5.41) is 30.8. The van der Waals surface area contributed by atoms with E-state index in [2.05, 4.69) is 11.4 Å². The number of aliphatic hydroxyl groups is 2. The molecule has 0 saturated heterocycles. The molecule has 27 heavy (non-hydrogen) atoms. The van der Waals surface area contributed by atoms with Gasteiger partial charge in [-0.2, -0.15) is 5.26 Å². The van der Waals surface area contributed by atoms with Crippen molar-refractivity contribution in [2.45, 2.75) is 24.3 Å². The number of nitrogens with one attached hydrogen (secondary N) is 1. The molecular formula is C19H19N3O4S. The number of fused-ring (bicyclic) bond motifs is 1. The van der Waals surface area contributed by atoms with Crippen molar-refractivity contribution in [1.29, 1.82) is 5.26 Å². The van der Waals surface area contributed by atoms with E-state index in [1.54, 1.807) is 24.3 Å². The molecule has 140 valence electrons. The number of rotatable bonds is 5. The van der Waals surface area contributed by atoms with Gasteiger partial charge in [-0.05, 0) is 24.0 Å². The van der Waals surface area contributed by atoms with Crippen LogP contribution in [0.4, 0.5) is 5.00 Å². The van der Waals surface area contributed by atoms with Crippen LogP contribution in [0.3, 0.4) is 0 Å². The number of amides is 1. The van der Waals surface area contributed by atoms with Crippen LogP contribution in [0.1, 0.15) is 37.6 Å². The lowest BCUT2D eigenvalue weighted by Crippen LogP contribution is -2.41. The van der Waals surface area contributed by atoms with Gasteiger partial charge in [0.25, 0.3) is 5.91 Å². The number of hydrogen-bond acceptors (Lipinski definition) is 7. The molecule has 7 nitrogen and oxygen atoms in total. The molecule has 1 aromatic carbocycles. The normalized spacial score (nSPS) is 18.8. The van der Waals surface area contributed by atoms with Crippen molar-refractivity contribution in [1.82, 2.24) is 5.32 Å². The molecule has 1 heterocycles. The minimum absolute atomic E-state index is 0.183. The lowest BCUT2D eigenvalue weighted by molar-refractivity contribution is 0.0878. The first-order valence-electron chi connectivity index (χ1n) is 8.43. The number of ketones is 1. The second-order valence-corrected chi connectivity index (χ2v) is 7.45. The van der Waals surface area contributed by atoms with Crippen LogP contribution >= 0.6 is 11.3 Å². The van der Waals surface area contributed by atoms with Crippen molar-refractivity contribution in [3.8, 4) is 6.07 Å². The summed E-state index contributed by atoms with van der Waals surface area (Å²) in [7, 11) is 0. The maximum atomic E-state index is 13.2. The molecule has 3 rings (SSSR count). The molecule has 1 aliphatic rings. The van der Waals surface area contributed by atoms with E-state index >= 15 is 0 Å². The first-order valence-corrected chi connectivity index (χ1v) is 9.25. The zero-order valence-corrected chi connectivity index (χ0v) is 15.3. The van der Waals surface area contributed by atoms with Gasteiger partial charge in [0.2, 0.25) is 0 Å². The van der Waals surface area contributed by atoms with Crippen molar-refractivity contribution in [2.24, 2.45) is 0 Å². The number of nitrogens with two attached hydrogens (primary N) is 1. The number of anilines is 1. The number of nitrogens with zero attached hydrogens (tertiary/aromatic N) is 1. The maximum absolute atomic E-state index is 13.2. The van der Waals surface area contributed by atoms with Crippen LogP contribution in [0.2, 0.25) is 0 Å². The summed E-state index contributed by atoms with van der Waals surface area (Å²) in [4.78, 5) is 26.1. The number of thiophene rings is 1. The number of carbonyl (C=O) groups excluding carboxylic acids is 2. The molecule has 1 atom stereocenters. The van der Waals surface area contributed by atoms with Crippen molar-refractivity contribution in [2.75, 3.05) is 18.9 Å². The minimum atomic E-state index is -1.29. The molecule has 1 aromatic heterocycles. The molecule has 0 radical (unpaired) electrons. The van der Waals surface area contributed by atoms with Crippen LogP contribution in [0.25, 0.3) is 0 Å². The number of Topliss-reactive ketones (excluding diaryl/α,β-unsaturated/α-hetero) is 1. The van der Waals surface area contributed by atoms with Gasteiger partial charge < -0.3 is 21.3 Å². The van der Waals surface area contributed by atoms with Gasteiger partial charge in [0, 0.05) is 0 Å². The number of nitriles is 1. The van der Waals surface area contributed by atoms with E-state index in [1.165, 1.54) is 0 Å². The Morgan fingerprint density at radius 3 is 2.59 bits per heavy atom. The Morgan fingerprint density at radius 2 is 2.00 bits per heavy atom. The summed E-state index contributed by atoms with van der Waals surface area (Å²) < 4.78 is 0. The van der Waals surface area contributed by atoms with Crippen LogP contribution in [0, 0.1) is 11.3 Å². The second-order valence-electron chi connectivity index (χ2n) is 6.40. The number of carbonyl (C=O) groups is 2. The molecule has 2 aromatic rings. The highest BCUT2D eigenvalue weighted by atomic mass is 32.1. The smallest absolute Gasteiger partial charge is 0.254 e. The molecule has 5 N–H and O–H groups in total. The molecule has 1 amide bonds. The Morgan fingerprint density at radius 1 is 1.33 bits per heavy atom. The fourth-order valence-corrected chi connectivity index (χ4v) is 4.48. The van der Waals surface area contributed by atoms with Crippen LogP contribution in [0.5, 0.6) is 0 Å². The van der Waals surface area contributed by atoms with Gasteiger partial charge >= 0.3 is 0 Å². The molecular weight excluding hydrogens is 366 g/mol. The van der Waals surface area contributed by atoms with Crippen LogP contribution in [0.15, 0.2) is 30.3 Å². The Bertz CT molecular complexity index is 915. The lowest BCUT2D eigenvalue weighted by atomic mass is 9.69. The number of aliphatic hydroxyl groups excluding tert-OH is 2. The predicted octanol–water partition coefficient (Wildman–Crippen LogP) is 1.00. The van der Waals surface area contributed by atoms with Gasteiger partial charge in [-0.1, -0.05) is 30.3 Å². The van der Waals surface area contributed by atoms with Gasteiger partial charge in [-0.25, -0.2) is 0 Å². The highest BCUT2D eigenvalue weighted by Crippen LogP contribution is 2.44. The van der Waals surface area contributed by atoms with E-state index in [0.717, 1.165) is 11.3 Å². The largest absolute Gasteiger partial charge is 0.394 e. The molecule has 8 heteroatoms. The van der Waals surface area contributed by atoms with Crippen LogP contribution in [-0.2, 0) is 11.8 Å². The van der Waals surface area contributed by atoms with Crippen molar-refractivity contribution in [3.63, 3.8) is 0 Å². The number of nitrogen functional groups attached to an aromatic ring is 1. The second kappa shape index (κ2) is 7.48. The monoisotopic (exact) mass is 385 g/mol. The van der Waals surface area contributed by atoms with E-state index in [1.807, 2.05) is 6.07 Å². The highest BCUT2D eigenvalue weighted by molar-refractivity contribution is 7.18. The summed E-state index contributed by atoms with van der Waals surface area (Å²) in [6.07, 6.45) is 0.599. The van der Waals surface area contributed by atoms with Crippen molar-refractivity contribution < 1.29 is 19.8 Å². The zero-order valence-electron chi connectivity index (χ0n) is 14.4. The standard InChI is InChI=1S/C19H19N3O4S/c20-10-19(11-4-2-1-3-5-11)7-6-13-14(17(21)27-15(13)16(19)25)18(26)22-12(8-23)9-24/h1-5,12,23-24H,6-9,21H2,(H,22,26). The molecule has 0 saturated carbocycles. The average molecular weight is 385 g/mol. The zero-order chi connectivity index (χ0) is 19.6. The minimum Gasteiger partial charge on any atom is -0.394 e. The van der Waals surface area contributed by atoms with Gasteiger partial charge in [0.05, 0.1) is 40.8 Å². The van der Waals surface area contributed by atoms with Gasteiger partial charge in [-0.3, -0.25) is 9.59 Å². The first-order chi connectivity index (χ1) is 13.0. The van der Waals surface area contributed by atoms with E-state index in [-0.39, 0.29) is 22.8 Å². The molecule has 0 spiro atoms. The quantitative estimate of drug-likeness (QED) is 0.606. The van der Waals surface area contributed by atoms with Crippen LogP contribution < -0.4 is 11.1 Å². The average Bonchev–Trinajstić information content (AvgIpc) is 3.04. The fourth-order valence-electron chi connectivity index (χ4n) is 3.35. The Balaban J connectivity index is 2.01. The molecule has 0 fully saturated rings. The number of benzene rings is 1.